The van der Waals surface area contributed by atoms with Crippen molar-refractivity contribution in [2.45, 2.75) is 19.4 Å². The highest BCUT2D eigenvalue weighted by atomic mass is 16.5. The molecule has 2 aromatic rings. The summed E-state index contributed by atoms with van der Waals surface area (Å²) in [5.74, 6) is 0.302. The number of benzene rings is 1. The maximum absolute atomic E-state index is 11.5. The van der Waals surface area contributed by atoms with E-state index in [2.05, 4.69) is 9.64 Å². The van der Waals surface area contributed by atoms with Gasteiger partial charge in [-0.2, -0.15) is 0 Å². The Bertz CT molecular complexity index is 741. The number of hydrogen-bond acceptors (Lipinski definition) is 5. The Hall–Kier alpha value is -2.60. The first-order valence-electron chi connectivity index (χ1n) is 8.29. The van der Waals surface area contributed by atoms with Gasteiger partial charge in [-0.3, -0.25) is 9.69 Å². The molecule has 0 amide bonds. The number of carboxylic acids is 1. The van der Waals surface area contributed by atoms with Crippen molar-refractivity contribution in [3.8, 4) is 11.3 Å². The van der Waals surface area contributed by atoms with Crippen molar-refractivity contribution >= 4 is 11.9 Å². The maximum atomic E-state index is 11.5. The molecule has 1 aromatic heterocycles. The number of carbonyl (C=O) groups excluding carboxylic acids is 1. The molecular formula is C19H21NO5. The number of hydrogen-bond donors (Lipinski definition) is 1. The molecule has 1 fully saturated rings. The molecule has 132 valence electrons. The second-order valence-electron chi connectivity index (χ2n) is 6.22. The minimum Gasteiger partial charge on any atom is -0.481 e. The van der Waals surface area contributed by atoms with Crippen molar-refractivity contribution in [2.75, 3.05) is 20.2 Å². The van der Waals surface area contributed by atoms with E-state index in [0.717, 1.165) is 30.2 Å². The summed E-state index contributed by atoms with van der Waals surface area (Å²) in [5, 5.41) is 9.05. The van der Waals surface area contributed by atoms with Crippen molar-refractivity contribution in [2.24, 2.45) is 5.92 Å². The van der Waals surface area contributed by atoms with E-state index in [9.17, 15) is 9.59 Å². The minimum atomic E-state index is -0.699. The van der Waals surface area contributed by atoms with E-state index in [1.807, 2.05) is 24.3 Å². The van der Waals surface area contributed by atoms with Gasteiger partial charge in [0.2, 0.25) is 0 Å². The number of nitrogens with zero attached hydrogens (tertiary/aromatic N) is 1. The Morgan fingerprint density at radius 2 is 1.84 bits per heavy atom. The smallest absolute Gasteiger partial charge is 0.337 e. The number of carbonyl (C=O) groups is 2. The molecule has 1 saturated heterocycles. The molecule has 0 bridgehead atoms. The molecule has 6 heteroatoms. The van der Waals surface area contributed by atoms with Crippen LogP contribution in [0.3, 0.4) is 0 Å². The summed E-state index contributed by atoms with van der Waals surface area (Å²) >= 11 is 0. The van der Waals surface area contributed by atoms with E-state index in [-0.39, 0.29) is 11.9 Å². The molecular weight excluding hydrogens is 322 g/mol. The molecule has 0 spiro atoms. The van der Waals surface area contributed by atoms with Gasteiger partial charge in [-0.15, -0.1) is 0 Å². The number of rotatable bonds is 5. The number of ether oxygens (including phenoxy) is 1. The lowest BCUT2D eigenvalue weighted by Gasteiger charge is -2.29. The van der Waals surface area contributed by atoms with Gasteiger partial charge in [-0.05, 0) is 50.2 Å². The first-order valence-corrected chi connectivity index (χ1v) is 8.29. The van der Waals surface area contributed by atoms with Crippen LogP contribution < -0.4 is 0 Å². The molecule has 0 unspecified atom stereocenters. The highest BCUT2D eigenvalue weighted by molar-refractivity contribution is 5.89. The number of methoxy groups -OCH3 is 1. The van der Waals surface area contributed by atoms with Gasteiger partial charge >= 0.3 is 11.9 Å². The summed E-state index contributed by atoms with van der Waals surface area (Å²) < 4.78 is 10.6. The van der Waals surface area contributed by atoms with Gasteiger partial charge in [0.05, 0.1) is 25.1 Å². The molecule has 1 aromatic carbocycles. The highest BCUT2D eigenvalue weighted by Crippen LogP contribution is 2.25. The maximum Gasteiger partial charge on any atom is 0.337 e. The summed E-state index contributed by atoms with van der Waals surface area (Å²) in [4.78, 5) is 24.7. The fraction of sp³-hybridized carbons (Fsp3) is 0.368. The van der Waals surface area contributed by atoms with Crippen LogP contribution in [-0.4, -0.2) is 42.1 Å². The second kappa shape index (κ2) is 7.53. The quantitative estimate of drug-likeness (QED) is 0.841. The summed E-state index contributed by atoms with van der Waals surface area (Å²) in [7, 11) is 1.36. The molecule has 0 saturated carbocycles. The van der Waals surface area contributed by atoms with Crippen LogP contribution in [0.1, 0.15) is 29.0 Å². The zero-order valence-electron chi connectivity index (χ0n) is 14.1. The summed E-state index contributed by atoms with van der Waals surface area (Å²) in [6.45, 7) is 2.20. The van der Waals surface area contributed by atoms with Crippen LogP contribution >= 0.6 is 0 Å². The van der Waals surface area contributed by atoms with Crippen LogP contribution in [0.15, 0.2) is 40.8 Å². The van der Waals surface area contributed by atoms with Gasteiger partial charge in [0.15, 0.2) is 0 Å². The lowest BCUT2D eigenvalue weighted by molar-refractivity contribution is -0.143. The Morgan fingerprint density at radius 1 is 1.16 bits per heavy atom. The average molecular weight is 343 g/mol. The summed E-state index contributed by atoms with van der Waals surface area (Å²) in [5.41, 5.74) is 1.39. The Kier molecular flexibility index (Phi) is 5.19. The standard InChI is InChI=1S/C19H21NO5/c1-24-19(23)15-4-2-13(3-5-15)17-7-6-16(25-17)12-20-10-8-14(9-11-20)18(21)22/h2-7,14H,8-12H2,1H3,(H,21,22). The van der Waals surface area contributed by atoms with Gasteiger partial charge in [-0.25, -0.2) is 4.79 Å². The third kappa shape index (κ3) is 4.09. The molecule has 6 nitrogen and oxygen atoms in total. The minimum absolute atomic E-state index is 0.225. The monoisotopic (exact) mass is 343 g/mol. The number of esters is 1. The van der Waals surface area contributed by atoms with E-state index in [4.69, 9.17) is 9.52 Å². The van der Waals surface area contributed by atoms with Crippen molar-refractivity contribution in [1.82, 2.24) is 4.90 Å². The van der Waals surface area contributed by atoms with Crippen LogP contribution in [-0.2, 0) is 16.1 Å². The van der Waals surface area contributed by atoms with E-state index >= 15 is 0 Å². The number of aliphatic carboxylic acids is 1. The molecule has 2 heterocycles. The third-order valence-corrected chi connectivity index (χ3v) is 4.57. The largest absolute Gasteiger partial charge is 0.481 e. The number of likely N-dealkylation sites (tertiary alicyclic amines) is 1. The van der Waals surface area contributed by atoms with Crippen LogP contribution in [0.2, 0.25) is 0 Å². The molecule has 0 atom stereocenters. The molecule has 25 heavy (non-hydrogen) atoms. The molecule has 1 aliphatic heterocycles. The van der Waals surface area contributed by atoms with Gasteiger partial charge < -0.3 is 14.3 Å². The van der Waals surface area contributed by atoms with E-state index in [1.54, 1.807) is 12.1 Å². The number of carboxylic acid groups (broad SMARTS) is 1. The van der Waals surface area contributed by atoms with Crippen molar-refractivity contribution in [3.05, 3.63) is 47.7 Å². The first-order chi connectivity index (χ1) is 12.1. The van der Waals surface area contributed by atoms with Crippen molar-refractivity contribution in [1.29, 1.82) is 0 Å². The Balaban J connectivity index is 1.61. The van der Waals surface area contributed by atoms with Gasteiger partial charge in [-0.1, -0.05) is 12.1 Å². The summed E-state index contributed by atoms with van der Waals surface area (Å²) in [6, 6.07) is 10.9. The number of piperidine rings is 1. The third-order valence-electron chi connectivity index (χ3n) is 4.57. The normalized spacial score (nSPS) is 15.9. The fourth-order valence-electron chi connectivity index (χ4n) is 3.06. The second-order valence-corrected chi connectivity index (χ2v) is 6.22. The topological polar surface area (TPSA) is 80.0 Å². The van der Waals surface area contributed by atoms with Gasteiger partial charge in [0.25, 0.3) is 0 Å². The zero-order chi connectivity index (χ0) is 17.8. The van der Waals surface area contributed by atoms with Crippen LogP contribution in [0.4, 0.5) is 0 Å². The van der Waals surface area contributed by atoms with Crippen molar-refractivity contribution in [3.63, 3.8) is 0 Å². The molecule has 1 N–H and O–H groups in total. The summed E-state index contributed by atoms with van der Waals surface area (Å²) in [6.07, 6.45) is 1.36. The SMILES string of the molecule is COC(=O)c1ccc(-c2ccc(CN3CCC(C(=O)O)CC3)o2)cc1. The first kappa shape index (κ1) is 17.2. The zero-order valence-corrected chi connectivity index (χ0v) is 14.1. The van der Waals surface area contributed by atoms with E-state index < -0.39 is 5.97 Å². The van der Waals surface area contributed by atoms with E-state index in [1.165, 1.54) is 7.11 Å². The Morgan fingerprint density at radius 3 is 2.44 bits per heavy atom. The lowest BCUT2D eigenvalue weighted by atomic mass is 9.97. The predicted molar refractivity (Wildman–Crippen MR) is 91.1 cm³/mol. The molecule has 1 aliphatic rings. The number of furan rings is 1. The van der Waals surface area contributed by atoms with Crippen LogP contribution in [0.25, 0.3) is 11.3 Å². The molecule has 3 rings (SSSR count). The predicted octanol–water partition coefficient (Wildman–Crippen LogP) is 3.03. The lowest BCUT2D eigenvalue weighted by Crippen LogP contribution is -2.35. The van der Waals surface area contributed by atoms with Crippen LogP contribution in [0, 0.1) is 5.92 Å². The fourth-order valence-corrected chi connectivity index (χ4v) is 3.06. The molecule has 0 aliphatic carbocycles. The van der Waals surface area contributed by atoms with Crippen molar-refractivity contribution < 1.29 is 23.8 Å². The molecule has 0 radical (unpaired) electrons. The average Bonchev–Trinajstić information content (AvgIpc) is 3.10. The van der Waals surface area contributed by atoms with Gasteiger partial charge in [0, 0.05) is 5.56 Å². The highest BCUT2D eigenvalue weighted by Gasteiger charge is 2.24. The Labute approximate surface area is 146 Å². The van der Waals surface area contributed by atoms with Crippen LogP contribution in [0.5, 0.6) is 0 Å². The van der Waals surface area contributed by atoms with Gasteiger partial charge in [0.1, 0.15) is 11.5 Å². The van der Waals surface area contributed by atoms with E-state index in [0.29, 0.717) is 24.9 Å².